The minimum absolute atomic E-state index is 0.150. The van der Waals surface area contributed by atoms with Gasteiger partial charge in [-0.1, -0.05) is 13.0 Å². The van der Waals surface area contributed by atoms with Crippen LogP contribution in [-0.2, 0) is 19.4 Å². The van der Waals surface area contributed by atoms with Gasteiger partial charge in [-0.25, -0.2) is 0 Å². The maximum atomic E-state index is 7.98. The molecule has 104 valence electrons. The van der Waals surface area contributed by atoms with E-state index in [1.54, 1.807) is 0 Å². The Balaban J connectivity index is 2.34. The van der Waals surface area contributed by atoms with E-state index in [9.17, 15) is 0 Å². The summed E-state index contributed by atoms with van der Waals surface area (Å²) < 4.78 is 0. The summed E-state index contributed by atoms with van der Waals surface area (Å²) in [5, 5.41) is 9.00. The van der Waals surface area contributed by atoms with E-state index in [1.165, 1.54) is 5.56 Å². The Kier molecular flexibility index (Phi) is 3.18. The van der Waals surface area contributed by atoms with Gasteiger partial charge in [-0.05, 0) is 36.7 Å². The number of likely N-dealkylation sites (N-methyl/N-ethyl adjacent to an activating group) is 1. The van der Waals surface area contributed by atoms with E-state index in [2.05, 4.69) is 37.1 Å². The summed E-state index contributed by atoms with van der Waals surface area (Å²) >= 11 is 0. The molecule has 0 atom stereocenters. The molecule has 0 unspecified atom stereocenters. The SMILES string of the molecule is CCc1ccc2nc3c(c(C(=N)N)c2c1)CN(C)CC3. The molecule has 1 aromatic carbocycles. The minimum Gasteiger partial charge on any atom is -0.384 e. The maximum absolute atomic E-state index is 7.98. The van der Waals surface area contributed by atoms with Crippen molar-refractivity contribution in [3.05, 3.63) is 40.6 Å². The molecule has 1 aliphatic heterocycles. The van der Waals surface area contributed by atoms with Crippen molar-refractivity contribution in [3.8, 4) is 0 Å². The third kappa shape index (κ3) is 2.06. The standard InChI is InChI=1S/C16H20N4/c1-3-10-4-5-13-11(8-10)15(16(17)18)12-9-20(2)7-6-14(12)19-13/h4-5,8H,3,6-7,9H2,1-2H3,(H3,17,18). The fraction of sp³-hybridized carbons (Fsp3) is 0.375. The highest BCUT2D eigenvalue weighted by Crippen LogP contribution is 2.28. The summed E-state index contributed by atoms with van der Waals surface area (Å²) in [5.41, 5.74) is 11.2. The highest BCUT2D eigenvalue weighted by molar-refractivity contribution is 6.08. The lowest BCUT2D eigenvalue weighted by Gasteiger charge is -2.27. The van der Waals surface area contributed by atoms with Crippen LogP contribution in [0.25, 0.3) is 10.9 Å². The van der Waals surface area contributed by atoms with E-state index < -0.39 is 0 Å². The number of rotatable bonds is 2. The molecule has 2 heterocycles. The molecule has 1 aromatic heterocycles. The van der Waals surface area contributed by atoms with Crippen molar-refractivity contribution in [1.82, 2.24) is 9.88 Å². The smallest absolute Gasteiger partial charge is 0.123 e. The fourth-order valence-electron chi connectivity index (χ4n) is 2.95. The lowest BCUT2D eigenvalue weighted by atomic mass is 9.94. The van der Waals surface area contributed by atoms with Gasteiger partial charge in [0, 0.05) is 36.2 Å². The first-order valence-electron chi connectivity index (χ1n) is 7.07. The largest absolute Gasteiger partial charge is 0.384 e. The van der Waals surface area contributed by atoms with Crippen LogP contribution in [-0.4, -0.2) is 29.3 Å². The van der Waals surface area contributed by atoms with Gasteiger partial charge in [0.1, 0.15) is 5.84 Å². The van der Waals surface area contributed by atoms with E-state index >= 15 is 0 Å². The number of nitrogen functional groups attached to an aromatic ring is 1. The second-order valence-corrected chi connectivity index (χ2v) is 5.52. The zero-order valence-corrected chi connectivity index (χ0v) is 12.0. The molecule has 0 saturated carbocycles. The van der Waals surface area contributed by atoms with Gasteiger partial charge in [0.05, 0.1) is 5.52 Å². The van der Waals surface area contributed by atoms with Crippen LogP contribution in [0.3, 0.4) is 0 Å². The molecular formula is C16H20N4. The lowest BCUT2D eigenvalue weighted by Crippen LogP contribution is -2.30. The molecule has 0 aliphatic carbocycles. The number of hydrogen-bond acceptors (Lipinski definition) is 3. The van der Waals surface area contributed by atoms with Crippen molar-refractivity contribution >= 4 is 16.7 Å². The first-order chi connectivity index (χ1) is 9.60. The van der Waals surface area contributed by atoms with Gasteiger partial charge in [0.2, 0.25) is 0 Å². The van der Waals surface area contributed by atoms with Crippen LogP contribution in [0.15, 0.2) is 18.2 Å². The Labute approximate surface area is 119 Å². The Bertz CT molecular complexity index is 690. The van der Waals surface area contributed by atoms with Crippen molar-refractivity contribution in [1.29, 1.82) is 5.41 Å². The summed E-state index contributed by atoms with van der Waals surface area (Å²) in [4.78, 5) is 7.05. The number of nitrogens with one attached hydrogen (secondary N) is 1. The summed E-state index contributed by atoms with van der Waals surface area (Å²) in [7, 11) is 2.10. The van der Waals surface area contributed by atoms with Crippen molar-refractivity contribution in [3.63, 3.8) is 0 Å². The molecule has 0 radical (unpaired) electrons. The van der Waals surface area contributed by atoms with Crippen molar-refractivity contribution in [2.24, 2.45) is 5.73 Å². The topological polar surface area (TPSA) is 66.0 Å². The van der Waals surface area contributed by atoms with E-state index in [0.717, 1.165) is 53.7 Å². The van der Waals surface area contributed by atoms with E-state index in [1.807, 2.05) is 0 Å². The zero-order valence-electron chi connectivity index (χ0n) is 12.0. The summed E-state index contributed by atoms with van der Waals surface area (Å²) in [5.74, 6) is 0.150. The normalized spacial score (nSPS) is 15.3. The van der Waals surface area contributed by atoms with E-state index in [-0.39, 0.29) is 5.84 Å². The fourth-order valence-corrected chi connectivity index (χ4v) is 2.95. The van der Waals surface area contributed by atoms with Gasteiger partial charge in [-0.15, -0.1) is 0 Å². The molecule has 3 rings (SSSR count). The third-order valence-electron chi connectivity index (χ3n) is 4.07. The van der Waals surface area contributed by atoms with Gasteiger partial charge in [0.25, 0.3) is 0 Å². The highest BCUT2D eigenvalue weighted by atomic mass is 15.1. The van der Waals surface area contributed by atoms with Gasteiger partial charge >= 0.3 is 0 Å². The van der Waals surface area contributed by atoms with Crippen molar-refractivity contribution in [2.75, 3.05) is 13.6 Å². The van der Waals surface area contributed by atoms with Crippen LogP contribution in [0.2, 0.25) is 0 Å². The Morgan fingerprint density at radius 3 is 2.95 bits per heavy atom. The zero-order chi connectivity index (χ0) is 14.3. The van der Waals surface area contributed by atoms with Gasteiger partial charge in [0.15, 0.2) is 0 Å². The number of hydrogen-bond donors (Lipinski definition) is 2. The Hall–Kier alpha value is -1.94. The number of fused-ring (bicyclic) bond motifs is 2. The third-order valence-corrected chi connectivity index (χ3v) is 4.07. The molecule has 0 bridgehead atoms. The number of aromatic nitrogens is 1. The molecule has 2 aromatic rings. The van der Waals surface area contributed by atoms with Crippen LogP contribution < -0.4 is 5.73 Å². The van der Waals surface area contributed by atoms with Crippen LogP contribution in [0.4, 0.5) is 0 Å². The van der Waals surface area contributed by atoms with Gasteiger partial charge in [-0.2, -0.15) is 0 Å². The monoisotopic (exact) mass is 268 g/mol. The molecule has 0 fully saturated rings. The number of aryl methyl sites for hydroxylation is 1. The molecule has 4 heteroatoms. The molecule has 0 saturated heterocycles. The van der Waals surface area contributed by atoms with Gasteiger partial charge in [-0.3, -0.25) is 10.4 Å². The van der Waals surface area contributed by atoms with Crippen molar-refractivity contribution in [2.45, 2.75) is 26.3 Å². The average molecular weight is 268 g/mol. The maximum Gasteiger partial charge on any atom is 0.123 e. The van der Waals surface area contributed by atoms with Crippen LogP contribution >= 0.6 is 0 Å². The minimum atomic E-state index is 0.150. The molecule has 4 nitrogen and oxygen atoms in total. The average Bonchev–Trinajstić information content (AvgIpc) is 2.43. The molecule has 3 N–H and O–H groups in total. The van der Waals surface area contributed by atoms with Crippen LogP contribution in [0.5, 0.6) is 0 Å². The number of nitrogens with two attached hydrogens (primary N) is 1. The van der Waals surface area contributed by atoms with Crippen LogP contribution in [0, 0.1) is 5.41 Å². The molecular weight excluding hydrogens is 248 g/mol. The Morgan fingerprint density at radius 1 is 1.45 bits per heavy atom. The summed E-state index contributed by atoms with van der Waals surface area (Å²) in [6, 6.07) is 6.30. The van der Waals surface area contributed by atoms with E-state index in [4.69, 9.17) is 16.1 Å². The van der Waals surface area contributed by atoms with E-state index in [0.29, 0.717) is 0 Å². The molecule has 20 heavy (non-hydrogen) atoms. The molecule has 0 spiro atoms. The number of benzene rings is 1. The van der Waals surface area contributed by atoms with Crippen LogP contribution in [0.1, 0.15) is 29.3 Å². The van der Waals surface area contributed by atoms with Crippen molar-refractivity contribution < 1.29 is 0 Å². The summed E-state index contributed by atoms with van der Waals surface area (Å²) in [6.07, 6.45) is 1.90. The quantitative estimate of drug-likeness (QED) is 0.647. The first kappa shape index (κ1) is 13.1. The second-order valence-electron chi connectivity index (χ2n) is 5.52. The first-order valence-corrected chi connectivity index (χ1v) is 7.07. The second kappa shape index (κ2) is 4.87. The lowest BCUT2D eigenvalue weighted by molar-refractivity contribution is 0.310. The predicted octanol–water partition coefficient (Wildman–Crippen LogP) is 2.07. The Morgan fingerprint density at radius 2 is 2.25 bits per heavy atom. The number of nitrogens with zero attached hydrogens (tertiary/aromatic N) is 2. The summed E-state index contributed by atoms with van der Waals surface area (Å²) in [6.45, 7) is 3.97. The predicted molar refractivity (Wildman–Crippen MR) is 82.2 cm³/mol. The molecule has 0 amide bonds. The number of pyridine rings is 1. The highest BCUT2D eigenvalue weighted by Gasteiger charge is 2.22. The number of amidine groups is 1. The molecule has 1 aliphatic rings. The van der Waals surface area contributed by atoms with Gasteiger partial charge < -0.3 is 10.6 Å².